The second kappa shape index (κ2) is 6.40. The molecule has 1 aromatic carbocycles. The summed E-state index contributed by atoms with van der Waals surface area (Å²) in [6, 6.07) is 7.99. The van der Waals surface area contributed by atoms with Gasteiger partial charge >= 0.3 is 6.18 Å². The molecule has 0 radical (unpaired) electrons. The molecule has 25 heavy (non-hydrogen) atoms. The van der Waals surface area contributed by atoms with Gasteiger partial charge in [0.2, 0.25) is 0 Å². The number of halogens is 3. The van der Waals surface area contributed by atoms with E-state index < -0.39 is 11.7 Å². The van der Waals surface area contributed by atoms with E-state index in [9.17, 15) is 13.2 Å². The van der Waals surface area contributed by atoms with Crippen LogP contribution in [0.25, 0.3) is 16.9 Å². The molecule has 4 nitrogen and oxygen atoms in total. The predicted molar refractivity (Wildman–Crippen MR) is 89.7 cm³/mol. The average Bonchev–Trinajstić information content (AvgIpc) is 2.92. The Morgan fingerprint density at radius 2 is 1.96 bits per heavy atom. The maximum Gasteiger partial charge on any atom is 0.417 e. The van der Waals surface area contributed by atoms with Crippen LogP contribution in [0.2, 0.25) is 0 Å². The van der Waals surface area contributed by atoms with Crippen LogP contribution in [0.5, 0.6) is 5.75 Å². The number of aryl methyl sites for hydroxylation is 1. The molecule has 2 N–H and O–H groups in total. The van der Waals surface area contributed by atoms with Crippen molar-refractivity contribution in [2.45, 2.75) is 19.5 Å². The lowest BCUT2D eigenvalue weighted by molar-refractivity contribution is -0.137. The second-order valence-corrected chi connectivity index (χ2v) is 5.77. The number of aromatic nitrogens is 2. The maximum absolute atomic E-state index is 13.0. The molecule has 0 aliphatic heterocycles. The fraction of sp³-hybridized carbons (Fsp3) is 0.278. The number of pyridine rings is 1. The Hall–Kier alpha value is -2.54. The number of hydrogen-bond acceptors (Lipinski definition) is 3. The summed E-state index contributed by atoms with van der Waals surface area (Å²) in [6.45, 7) is 2.22. The lowest BCUT2D eigenvalue weighted by Gasteiger charge is -2.09. The van der Waals surface area contributed by atoms with Gasteiger partial charge in [0, 0.05) is 18.2 Å². The van der Waals surface area contributed by atoms with Gasteiger partial charge in [-0.2, -0.15) is 13.2 Å². The Morgan fingerprint density at radius 3 is 2.56 bits per heavy atom. The van der Waals surface area contributed by atoms with Crippen LogP contribution in [0, 0.1) is 6.92 Å². The van der Waals surface area contributed by atoms with Gasteiger partial charge in [0.15, 0.2) is 0 Å². The molecule has 132 valence electrons. The molecule has 0 atom stereocenters. The van der Waals surface area contributed by atoms with Gasteiger partial charge < -0.3 is 14.9 Å². The molecule has 0 aliphatic carbocycles. The van der Waals surface area contributed by atoms with Crippen molar-refractivity contribution in [3.05, 3.63) is 53.3 Å². The first kappa shape index (κ1) is 17.3. The van der Waals surface area contributed by atoms with Crippen molar-refractivity contribution in [3.8, 4) is 17.0 Å². The van der Waals surface area contributed by atoms with Crippen LogP contribution in [-0.4, -0.2) is 23.0 Å². The van der Waals surface area contributed by atoms with E-state index in [1.165, 1.54) is 10.5 Å². The van der Waals surface area contributed by atoms with Crippen molar-refractivity contribution in [3.63, 3.8) is 0 Å². The summed E-state index contributed by atoms with van der Waals surface area (Å²) in [6.07, 6.45) is -2.91. The molecule has 0 fully saturated rings. The molecule has 0 spiro atoms. The lowest BCUT2D eigenvalue weighted by Crippen LogP contribution is -2.09. The van der Waals surface area contributed by atoms with Crippen LogP contribution >= 0.6 is 0 Å². The van der Waals surface area contributed by atoms with Crippen LogP contribution in [0.4, 0.5) is 13.2 Å². The SMILES string of the molecule is COc1ccc(-c2nc3ccc(C(F)(F)F)cn3c2CCN)cc1C. The molecular formula is C18H18F3N3O. The zero-order chi connectivity index (χ0) is 18.2. The van der Waals surface area contributed by atoms with Gasteiger partial charge in [0.1, 0.15) is 11.4 Å². The largest absolute Gasteiger partial charge is 0.496 e. The summed E-state index contributed by atoms with van der Waals surface area (Å²) in [5.41, 5.74) is 8.45. The highest BCUT2D eigenvalue weighted by Crippen LogP contribution is 2.32. The van der Waals surface area contributed by atoms with Crippen LogP contribution in [-0.2, 0) is 12.6 Å². The predicted octanol–water partition coefficient (Wildman–Crippen LogP) is 3.84. The number of nitrogens with two attached hydrogens (primary N) is 1. The quantitative estimate of drug-likeness (QED) is 0.779. The summed E-state index contributed by atoms with van der Waals surface area (Å²) in [4.78, 5) is 4.52. The molecule has 0 bridgehead atoms. The lowest BCUT2D eigenvalue weighted by atomic mass is 10.1. The highest BCUT2D eigenvalue weighted by molar-refractivity contribution is 5.68. The van der Waals surface area contributed by atoms with Crippen molar-refractivity contribution in [2.24, 2.45) is 5.73 Å². The third kappa shape index (κ3) is 3.19. The summed E-state index contributed by atoms with van der Waals surface area (Å²) < 4.78 is 45.8. The van der Waals surface area contributed by atoms with Gasteiger partial charge in [0.05, 0.1) is 24.1 Å². The third-order valence-corrected chi connectivity index (χ3v) is 4.09. The highest BCUT2D eigenvalue weighted by atomic mass is 19.4. The zero-order valence-electron chi connectivity index (χ0n) is 13.9. The molecule has 0 saturated heterocycles. The summed E-state index contributed by atoms with van der Waals surface area (Å²) in [7, 11) is 1.59. The number of rotatable bonds is 4. The topological polar surface area (TPSA) is 52.5 Å². The van der Waals surface area contributed by atoms with Crippen molar-refractivity contribution < 1.29 is 17.9 Å². The standard InChI is InChI=1S/C18H18F3N3O/c1-11-9-12(3-5-15(11)25-2)17-14(7-8-22)24-10-13(18(19,20)21)4-6-16(24)23-17/h3-6,9-10H,7-8,22H2,1-2H3. The van der Waals surface area contributed by atoms with Crippen molar-refractivity contribution in [2.75, 3.05) is 13.7 Å². The van der Waals surface area contributed by atoms with Gasteiger partial charge in [-0.25, -0.2) is 4.98 Å². The molecule has 2 heterocycles. The van der Waals surface area contributed by atoms with E-state index in [1.54, 1.807) is 7.11 Å². The maximum atomic E-state index is 13.0. The van der Waals surface area contributed by atoms with E-state index in [2.05, 4.69) is 4.98 Å². The summed E-state index contributed by atoms with van der Waals surface area (Å²) in [5.74, 6) is 0.743. The smallest absolute Gasteiger partial charge is 0.417 e. The third-order valence-electron chi connectivity index (χ3n) is 4.09. The number of methoxy groups -OCH3 is 1. The Labute approximate surface area is 143 Å². The van der Waals surface area contributed by atoms with E-state index in [4.69, 9.17) is 10.5 Å². The Kier molecular flexibility index (Phi) is 4.43. The molecule has 0 unspecified atom stereocenters. The van der Waals surface area contributed by atoms with Crippen LogP contribution in [0.3, 0.4) is 0 Å². The molecular weight excluding hydrogens is 331 g/mol. The molecule has 7 heteroatoms. The molecule has 2 aromatic heterocycles. The molecule has 0 aliphatic rings. The zero-order valence-corrected chi connectivity index (χ0v) is 13.9. The minimum Gasteiger partial charge on any atom is -0.496 e. The van der Waals surface area contributed by atoms with Crippen LogP contribution < -0.4 is 10.5 Å². The minimum atomic E-state index is -4.41. The number of alkyl halides is 3. The summed E-state index contributed by atoms with van der Waals surface area (Å²) >= 11 is 0. The normalized spacial score (nSPS) is 11.9. The fourth-order valence-electron chi connectivity index (χ4n) is 2.89. The Balaban J connectivity index is 2.21. The molecule has 0 saturated carbocycles. The Bertz CT molecular complexity index is 916. The van der Waals surface area contributed by atoms with E-state index >= 15 is 0 Å². The van der Waals surface area contributed by atoms with Crippen molar-refractivity contribution >= 4 is 5.65 Å². The van der Waals surface area contributed by atoms with E-state index in [1.807, 2.05) is 25.1 Å². The number of imidazole rings is 1. The van der Waals surface area contributed by atoms with E-state index in [0.29, 0.717) is 30.0 Å². The van der Waals surface area contributed by atoms with Crippen LogP contribution in [0.1, 0.15) is 16.8 Å². The fourth-order valence-corrected chi connectivity index (χ4v) is 2.89. The number of benzene rings is 1. The number of fused-ring (bicyclic) bond motifs is 1. The van der Waals surface area contributed by atoms with Gasteiger partial charge in [-0.05, 0) is 49.4 Å². The van der Waals surface area contributed by atoms with Gasteiger partial charge in [0.25, 0.3) is 0 Å². The van der Waals surface area contributed by atoms with Crippen molar-refractivity contribution in [1.29, 1.82) is 0 Å². The van der Waals surface area contributed by atoms with Crippen molar-refractivity contribution in [1.82, 2.24) is 9.38 Å². The van der Waals surface area contributed by atoms with Crippen LogP contribution in [0.15, 0.2) is 36.5 Å². The average molecular weight is 349 g/mol. The minimum absolute atomic E-state index is 0.312. The van der Waals surface area contributed by atoms with E-state index in [0.717, 1.165) is 29.1 Å². The van der Waals surface area contributed by atoms with Gasteiger partial charge in [-0.3, -0.25) is 0 Å². The number of ether oxygens (including phenoxy) is 1. The van der Waals surface area contributed by atoms with Gasteiger partial charge in [-0.15, -0.1) is 0 Å². The number of nitrogens with zero attached hydrogens (tertiary/aromatic N) is 2. The monoisotopic (exact) mass is 349 g/mol. The van der Waals surface area contributed by atoms with Gasteiger partial charge in [-0.1, -0.05) is 0 Å². The number of hydrogen-bond donors (Lipinski definition) is 1. The molecule has 3 rings (SSSR count). The summed E-state index contributed by atoms with van der Waals surface area (Å²) in [5, 5.41) is 0. The highest BCUT2D eigenvalue weighted by Gasteiger charge is 2.31. The first-order chi connectivity index (χ1) is 11.8. The molecule has 0 amide bonds. The Morgan fingerprint density at radius 1 is 1.20 bits per heavy atom. The first-order valence-electron chi connectivity index (χ1n) is 7.78. The van der Waals surface area contributed by atoms with E-state index in [-0.39, 0.29) is 0 Å². The second-order valence-electron chi connectivity index (χ2n) is 5.77. The molecule has 3 aromatic rings. The first-order valence-corrected chi connectivity index (χ1v) is 7.78.